The predicted molar refractivity (Wildman–Crippen MR) is 362 cm³/mol. The lowest BCUT2D eigenvalue weighted by atomic mass is 10.0. The van der Waals surface area contributed by atoms with Crippen LogP contribution >= 0.6 is 0 Å². The highest BCUT2D eigenvalue weighted by molar-refractivity contribution is 5.71. The van der Waals surface area contributed by atoms with E-state index in [1.165, 1.54) is 238 Å². The van der Waals surface area contributed by atoms with E-state index in [4.69, 9.17) is 14.2 Å². The number of allylic oxidation sites excluding steroid dienone is 14. The van der Waals surface area contributed by atoms with Gasteiger partial charge in [-0.25, -0.2) is 0 Å². The van der Waals surface area contributed by atoms with E-state index in [2.05, 4.69) is 106 Å². The molecule has 83 heavy (non-hydrogen) atoms. The number of rotatable bonds is 66. The number of esters is 3. The monoisotopic (exact) mass is 1160 g/mol. The lowest BCUT2D eigenvalue weighted by Gasteiger charge is -2.18. The van der Waals surface area contributed by atoms with E-state index in [0.717, 1.165) is 89.9 Å². The third-order valence-electron chi connectivity index (χ3n) is 15.9. The highest BCUT2D eigenvalue weighted by Gasteiger charge is 2.19. The number of carbonyl (C=O) groups is 3. The van der Waals surface area contributed by atoms with Gasteiger partial charge in [0, 0.05) is 19.3 Å². The summed E-state index contributed by atoms with van der Waals surface area (Å²) in [6.45, 7) is 6.56. The maximum Gasteiger partial charge on any atom is 0.306 e. The van der Waals surface area contributed by atoms with E-state index >= 15 is 0 Å². The normalized spacial score (nSPS) is 12.6. The van der Waals surface area contributed by atoms with Crippen LogP contribution in [0, 0.1) is 0 Å². The molecule has 0 fully saturated rings. The molecule has 0 bridgehead atoms. The zero-order valence-corrected chi connectivity index (χ0v) is 55.2. The van der Waals surface area contributed by atoms with Crippen molar-refractivity contribution in [2.24, 2.45) is 0 Å². The first-order chi connectivity index (χ1) is 41.0. The van der Waals surface area contributed by atoms with Gasteiger partial charge in [-0.15, -0.1) is 0 Å². The minimum atomic E-state index is -0.784. The summed E-state index contributed by atoms with van der Waals surface area (Å²) >= 11 is 0. The van der Waals surface area contributed by atoms with Crippen molar-refractivity contribution in [1.29, 1.82) is 0 Å². The second-order valence-corrected chi connectivity index (χ2v) is 24.1. The summed E-state index contributed by atoms with van der Waals surface area (Å²) in [6, 6.07) is 0. The third-order valence-corrected chi connectivity index (χ3v) is 15.9. The number of hydrogen-bond acceptors (Lipinski definition) is 6. The molecule has 480 valence electrons. The summed E-state index contributed by atoms with van der Waals surface area (Å²) in [7, 11) is 0. The van der Waals surface area contributed by atoms with Crippen molar-refractivity contribution < 1.29 is 28.6 Å². The molecule has 0 aromatic carbocycles. The second-order valence-electron chi connectivity index (χ2n) is 24.1. The molecule has 0 aliphatic rings. The second kappa shape index (κ2) is 71.1. The molecule has 6 heteroatoms. The molecule has 0 saturated carbocycles. The highest BCUT2D eigenvalue weighted by Crippen LogP contribution is 2.17. The van der Waals surface area contributed by atoms with Crippen molar-refractivity contribution in [3.05, 3.63) is 85.1 Å². The van der Waals surface area contributed by atoms with Crippen LogP contribution in [0.2, 0.25) is 0 Å². The summed E-state index contributed by atoms with van der Waals surface area (Å²) in [5.74, 6) is -0.869. The Labute approximate surface area is 515 Å². The predicted octanol–water partition coefficient (Wildman–Crippen LogP) is 25.0. The molecule has 0 heterocycles. The Bertz CT molecular complexity index is 1570. The van der Waals surface area contributed by atoms with Crippen molar-refractivity contribution in [2.75, 3.05) is 13.2 Å². The molecule has 0 aromatic heterocycles. The van der Waals surface area contributed by atoms with E-state index in [0.29, 0.717) is 19.3 Å². The smallest absolute Gasteiger partial charge is 0.306 e. The van der Waals surface area contributed by atoms with Crippen LogP contribution in [0.25, 0.3) is 0 Å². The van der Waals surface area contributed by atoms with Gasteiger partial charge in [0.2, 0.25) is 0 Å². The highest BCUT2D eigenvalue weighted by atomic mass is 16.6. The molecule has 0 saturated heterocycles. The molecule has 0 aliphatic heterocycles. The SMILES string of the molecule is CC/C=C\C/C=C\C/C=C\C/C=C\CCCCCCCCCCCCC(=O)OCC(COC(=O)CCCCCCCCCCC/C=C\CCCCCCCCCC)OC(=O)CCCCCCCCCCC/C=C\C/C=C\CCCCCCC. The van der Waals surface area contributed by atoms with Crippen LogP contribution in [-0.4, -0.2) is 37.2 Å². The van der Waals surface area contributed by atoms with Gasteiger partial charge in [-0.3, -0.25) is 14.4 Å². The van der Waals surface area contributed by atoms with Crippen LogP contribution in [0.15, 0.2) is 85.1 Å². The Kier molecular flexibility index (Phi) is 68.2. The van der Waals surface area contributed by atoms with Crippen molar-refractivity contribution >= 4 is 17.9 Å². The molecular formula is C77H136O6. The van der Waals surface area contributed by atoms with Gasteiger partial charge in [0.05, 0.1) is 0 Å². The largest absolute Gasteiger partial charge is 0.462 e. The van der Waals surface area contributed by atoms with E-state index in [9.17, 15) is 14.4 Å². The fraction of sp³-hybridized carbons (Fsp3) is 0.779. The van der Waals surface area contributed by atoms with Crippen molar-refractivity contribution in [1.82, 2.24) is 0 Å². The number of unbranched alkanes of at least 4 members (excludes halogenated alkanes) is 41. The number of carbonyl (C=O) groups excluding carboxylic acids is 3. The average molecular weight is 1160 g/mol. The summed E-state index contributed by atoms with van der Waals surface area (Å²) in [4.78, 5) is 38.5. The van der Waals surface area contributed by atoms with Crippen LogP contribution in [-0.2, 0) is 28.6 Å². The van der Waals surface area contributed by atoms with Crippen molar-refractivity contribution in [3.8, 4) is 0 Å². The van der Waals surface area contributed by atoms with Crippen LogP contribution in [0.1, 0.15) is 367 Å². The molecule has 1 atom stereocenters. The fourth-order valence-corrected chi connectivity index (χ4v) is 10.5. The first-order valence-corrected chi connectivity index (χ1v) is 36.1. The first-order valence-electron chi connectivity index (χ1n) is 36.1. The van der Waals surface area contributed by atoms with Crippen LogP contribution in [0.4, 0.5) is 0 Å². The molecule has 0 N–H and O–H groups in total. The molecule has 0 spiro atoms. The van der Waals surface area contributed by atoms with Gasteiger partial charge in [0.15, 0.2) is 6.10 Å². The third kappa shape index (κ3) is 69.3. The Morgan fingerprint density at radius 3 is 0.747 bits per heavy atom. The van der Waals surface area contributed by atoms with Gasteiger partial charge in [-0.05, 0) is 116 Å². The number of ether oxygens (including phenoxy) is 3. The molecule has 1 unspecified atom stereocenters. The van der Waals surface area contributed by atoms with Gasteiger partial charge >= 0.3 is 17.9 Å². The van der Waals surface area contributed by atoms with Gasteiger partial charge in [-0.1, -0.05) is 318 Å². The Morgan fingerprint density at radius 2 is 0.470 bits per heavy atom. The van der Waals surface area contributed by atoms with Crippen LogP contribution in [0.5, 0.6) is 0 Å². The zero-order chi connectivity index (χ0) is 59.9. The molecule has 0 aromatic rings. The van der Waals surface area contributed by atoms with Crippen LogP contribution in [0.3, 0.4) is 0 Å². The van der Waals surface area contributed by atoms with E-state index < -0.39 is 6.10 Å². The molecule has 0 rings (SSSR count). The first kappa shape index (κ1) is 79.6. The quantitative estimate of drug-likeness (QED) is 0.0261. The summed E-state index contributed by atoms with van der Waals surface area (Å²) < 4.78 is 17.0. The van der Waals surface area contributed by atoms with E-state index in [1.807, 2.05) is 0 Å². The maximum absolute atomic E-state index is 13.0. The molecular weight excluding hydrogens is 1020 g/mol. The van der Waals surface area contributed by atoms with Gasteiger partial charge < -0.3 is 14.2 Å². The lowest BCUT2D eigenvalue weighted by molar-refractivity contribution is -0.167. The fourth-order valence-electron chi connectivity index (χ4n) is 10.5. The summed E-state index contributed by atoms with van der Waals surface area (Å²) in [5, 5.41) is 0. The Morgan fingerprint density at radius 1 is 0.253 bits per heavy atom. The van der Waals surface area contributed by atoms with Gasteiger partial charge in [0.25, 0.3) is 0 Å². The standard InChI is InChI=1S/C77H136O6/c1-4-7-10-13-16-19-22-25-28-31-34-37-38-41-43-46-49-52-55-58-61-64-67-70-76(79)82-73-74(83-77(80)71-68-65-62-59-56-53-50-47-44-40-36-33-30-27-24-21-18-15-12-9-6-3)72-81-75(78)69-66-63-60-57-54-51-48-45-42-39-35-32-29-26-23-20-17-14-11-8-5-2/h7,10,16,19,24-25,27-28,32-37,74H,4-6,8-9,11-15,17-18,20-23,26,29-31,38-73H2,1-3H3/b10-7-,19-16-,27-24-,28-25-,35-32-,36-33-,37-34-. The zero-order valence-electron chi connectivity index (χ0n) is 55.2. The topological polar surface area (TPSA) is 78.9 Å². The van der Waals surface area contributed by atoms with Gasteiger partial charge in [0.1, 0.15) is 13.2 Å². The van der Waals surface area contributed by atoms with E-state index in [-0.39, 0.29) is 31.1 Å². The average Bonchev–Trinajstić information content (AvgIpc) is 3.49. The minimum Gasteiger partial charge on any atom is -0.462 e. The lowest BCUT2D eigenvalue weighted by Crippen LogP contribution is -2.30. The van der Waals surface area contributed by atoms with Crippen molar-refractivity contribution in [3.63, 3.8) is 0 Å². The Hall–Kier alpha value is -3.41. The maximum atomic E-state index is 13.0. The molecule has 0 radical (unpaired) electrons. The number of hydrogen-bond donors (Lipinski definition) is 0. The summed E-state index contributed by atoms with van der Waals surface area (Å²) in [6.07, 6.45) is 94.6. The minimum absolute atomic E-state index is 0.0782. The van der Waals surface area contributed by atoms with Gasteiger partial charge in [-0.2, -0.15) is 0 Å². The van der Waals surface area contributed by atoms with Crippen LogP contribution < -0.4 is 0 Å². The Balaban J connectivity index is 4.38. The summed E-state index contributed by atoms with van der Waals surface area (Å²) in [5.41, 5.74) is 0. The molecule has 0 aliphatic carbocycles. The molecule has 0 amide bonds. The van der Waals surface area contributed by atoms with Crippen molar-refractivity contribution in [2.45, 2.75) is 374 Å². The molecule has 6 nitrogen and oxygen atoms in total. The van der Waals surface area contributed by atoms with E-state index in [1.54, 1.807) is 0 Å².